The molecule has 0 saturated heterocycles. The molecule has 0 spiro atoms. The topological polar surface area (TPSA) is 54.4 Å². The third-order valence-electron chi connectivity index (χ3n) is 5.43. The Bertz CT molecular complexity index is 554. The van der Waals surface area contributed by atoms with Crippen molar-refractivity contribution in [2.45, 2.75) is 32.1 Å². The number of hydrogen-bond donors (Lipinski definition) is 1. The molecule has 3 saturated carbocycles. The minimum absolute atomic E-state index is 0.156. The van der Waals surface area contributed by atoms with Crippen LogP contribution in [-0.4, -0.2) is 16.6 Å². The van der Waals surface area contributed by atoms with E-state index in [1.807, 2.05) is 0 Å². The number of aromatic nitrogens is 1. The zero-order chi connectivity index (χ0) is 13.5. The van der Waals surface area contributed by atoms with Gasteiger partial charge in [0.15, 0.2) is 0 Å². The largest absolute Gasteiger partial charge is 0.272 e. The molecule has 2 bridgehead atoms. The Morgan fingerprint density at radius 1 is 1.35 bits per heavy atom. The van der Waals surface area contributed by atoms with Gasteiger partial charge in [0, 0.05) is 24.0 Å². The molecule has 3 fully saturated rings. The van der Waals surface area contributed by atoms with E-state index in [9.17, 15) is 4.79 Å². The monoisotopic (exact) mass is 269 g/mol. The van der Waals surface area contributed by atoms with Gasteiger partial charge in [-0.05, 0) is 55.6 Å². The lowest BCUT2D eigenvalue weighted by molar-refractivity contribution is 0.0954. The molecule has 0 radical (unpaired) electrons. The van der Waals surface area contributed by atoms with Crippen molar-refractivity contribution >= 4 is 11.6 Å². The minimum Gasteiger partial charge on any atom is -0.267 e. The molecule has 1 N–H and O–H groups in total. The normalized spacial score (nSPS) is 36.3. The van der Waals surface area contributed by atoms with E-state index in [1.165, 1.54) is 31.4 Å². The van der Waals surface area contributed by atoms with E-state index in [1.54, 1.807) is 24.5 Å². The van der Waals surface area contributed by atoms with E-state index >= 15 is 0 Å². The third-order valence-corrected chi connectivity index (χ3v) is 5.43. The van der Waals surface area contributed by atoms with Crippen LogP contribution in [0.2, 0.25) is 0 Å². The standard InChI is InChI=1S/C16H19N3O/c20-16(10-3-2-6-17-9-10)19-18-15-8-11-7-14(15)13-5-1-4-12(11)13/h2-3,6,9,11-14H,1,4-5,7-8H2,(H,19,20). The maximum atomic E-state index is 12.0. The average molecular weight is 269 g/mol. The van der Waals surface area contributed by atoms with Gasteiger partial charge in [0.1, 0.15) is 0 Å². The molecule has 0 aromatic carbocycles. The molecule has 1 aromatic heterocycles. The van der Waals surface area contributed by atoms with Gasteiger partial charge in [-0.25, -0.2) is 5.43 Å². The SMILES string of the molecule is O=C(NN=C1CC2CC1C1CCCC21)c1cccnc1. The second kappa shape index (κ2) is 4.69. The van der Waals surface area contributed by atoms with Gasteiger partial charge in [-0.3, -0.25) is 9.78 Å². The van der Waals surface area contributed by atoms with Crippen LogP contribution in [0.15, 0.2) is 29.6 Å². The van der Waals surface area contributed by atoms with Crippen molar-refractivity contribution in [1.29, 1.82) is 0 Å². The summed E-state index contributed by atoms with van der Waals surface area (Å²) in [6.07, 6.45) is 9.80. The number of fused-ring (bicyclic) bond motifs is 5. The number of nitrogens with one attached hydrogen (secondary N) is 1. The molecule has 3 aliphatic rings. The summed E-state index contributed by atoms with van der Waals surface area (Å²) < 4.78 is 0. The van der Waals surface area contributed by atoms with Gasteiger partial charge in [0.2, 0.25) is 0 Å². The van der Waals surface area contributed by atoms with Crippen LogP contribution >= 0.6 is 0 Å². The van der Waals surface area contributed by atoms with E-state index in [0.29, 0.717) is 11.5 Å². The van der Waals surface area contributed by atoms with Crippen LogP contribution in [0.4, 0.5) is 0 Å². The van der Waals surface area contributed by atoms with E-state index in [-0.39, 0.29) is 5.91 Å². The van der Waals surface area contributed by atoms with E-state index in [4.69, 9.17) is 0 Å². The summed E-state index contributed by atoms with van der Waals surface area (Å²) in [5.74, 6) is 3.12. The maximum Gasteiger partial charge on any atom is 0.272 e. The van der Waals surface area contributed by atoms with Crippen LogP contribution in [0.5, 0.6) is 0 Å². The molecule has 20 heavy (non-hydrogen) atoms. The molecule has 1 heterocycles. The van der Waals surface area contributed by atoms with Crippen LogP contribution in [0.25, 0.3) is 0 Å². The number of hydrazone groups is 1. The Morgan fingerprint density at radius 3 is 3.10 bits per heavy atom. The quantitative estimate of drug-likeness (QED) is 0.839. The number of carbonyl (C=O) groups is 1. The fourth-order valence-corrected chi connectivity index (χ4v) is 4.63. The van der Waals surface area contributed by atoms with Crippen LogP contribution < -0.4 is 5.43 Å². The molecule has 0 aliphatic heterocycles. The summed E-state index contributed by atoms with van der Waals surface area (Å²) in [4.78, 5) is 15.9. The van der Waals surface area contributed by atoms with Crippen molar-refractivity contribution in [3.05, 3.63) is 30.1 Å². The Balaban J connectivity index is 1.46. The Morgan fingerprint density at radius 2 is 2.25 bits per heavy atom. The molecular weight excluding hydrogens is 250 g/mol. The van der Waals surface area contributed by atoms with Gasteiger partial charge >= 0.3 is 0 Å². The molecule has 4 heteroatoms. The number of pyridine rings is 1. The Labute approximate surface area is 118 Å². The van der Waals surface area contributed by atoms with Gasteiger partial charge in [-0.1, -0.05) is 6.42 Å². The first-order chi connectivity index (χ1) is 9.83. The Hall–Kier alpha value is -1.71. The number of nitrogens with zero attached hydrogens (tertiary/aromatic N) is 2. The van der Waals surface area contributed by atoms with Crippen LogP contribution in [0, 0.1) is 23.7 Å². The van der Waals surface area contributed by atoms with Gasteiger partial charge in [-0.15, -0.1) is 0 Å². The molecule has 104 valence electrons. The molecular formula is C16H19N3O. The first kappa shape index (κ1) is 12.1. The predicted octanol–water partition coefficient (Wildman–Crippen LogP) is 2.62. The molecule has 4 unspecified atom stereocenters. The molecule has 1 aromatic rings. The van der Waals surface area contributed by atoms with Gasteiger partial charge in [-0.2, -0.15) is 5.10 Å². The molecule has 1 amide bonds. The van der Waals surface area contributed by atoms with Gasteiger partial charge in [0.05, 0.1) is 5.56 Å². The summed E-state index contributed by atoms with van der Waals surface area (Å²) >= 11 is 0. The highest BCUT2D eigenvalue weighted by Crippen LogP contribution is 2.57. The molecule has 3 aliphatic carbocycles. The highest BCUT2D eigenvalue weighted by Gasteiger charge is 2.52. The van der Waals surface area contributed by atoms with E-state index in [2.05, 4.69) is 15.5 Å². The van der Waals surface area contributed by atoms with Gasteiger partial charge in [0.25, 0.3) is 5.91 Å². The lowest BCUT2D eigenvalue weighted by Gasteiger charge is -2.25. The van der Waals surface area contributed by atoms with Crippen molar-refractivity contribution in [3.63, 3.8) is 0 Å². The van der Waals surface area contributed by atoms with E-state index in [0.717, 1.165) is 24.2 Å². The number of rotatable bonds is 2. The predicted molar refractivity (Wildman–Crippen MR) is 76.2 cm³/mol. The molecule has 4 atom stereocenters. The molecule has 4 nitrogen and oxygen atoms in total. The fraction of sp³-hybridized carbons (Fsp3) is 0.562. The average Bonchev–Trinajstić information content (AvgIpc) is 3.17. The zero-order valence-electron chi connectivity index (χ0n) is 11.5. The van der Waals surface area contributed by atoms with Crippen molar-refractivity contribution in [2.24, 2.45) is 28.8 Å². The van der Waals surface area contributed by atoms with E-state index < -0.39 is 0 Å². The lowest BCUT2D eigenvalue weighted by atomic mass is 9.81. The summed E-state index contributed by atoms with van der Waals surface area (Å²) in [5, 5.41) is 4.43. The summed E-state index contributed by atoms with van der Waals surface area (Å²) in [6.45, 7) is 0. The van der Waals surface area contributed by atoms with Crippen molar-refractivity contribution < 1.29 is 4.79 Å². The highest BCUT2D eigenvalue weighted by atomic mass is 16.2. The lowest BCUT2D eigenvalue weighted by Crippen LogP contribution is -2.28. The second-order valence-corrected chi connectivity index (χ2v) is 6.35. The summed E-state index contributed by atoms with van der Waals surface area (Å²) in [7, 11) is 0. The molecule has 4 rings (SSSR count). The fourth-order valence-electron chi connectivity index (χ4n) is 4.63. The number of hydrogen-bond acceptors (Lipinski definition) is 3. The highest BCUT2D eigenvalue weighted by molar-refractivity contribution is 5.96. The van der Waals surface area contributed by atoms with Gasteiger partial charge < -0.3 is 0 Å². The van der Waals surface area contributed by atoms with Crippen LogP contribution in [0.3, 0.4) is 0 Å². The smallest absolute Gasteiger partial charge is 0.267 e. The zero-order valence-corrected chi connectivity index (χ0v) is 11.5. The number of amides is 1. The summed E-state index contributed by atoms with van der Waals surface area (Å²) in [6, 6.07) is 3.53. The summed E-state index contributed by atoms with van der Waals surface area (Å²) in [5.41, 5.74) is 4.51. The first-order valence-corrected chi connectivity index (χ1v) is 7.60. The maximum absolute atomic E-state index is 12.0. The van der Waals surface area contributed by atoms with Crippen molar-refractivity contribution in [1.82, 2.24) is 10.4 Å². The minimum atomic E-state index is -0.156. The second-order valence-electron chi connectivity index (χ2n) is 6.35. The number of carbonyl (C=O) groups excluding carboxylic acids is 1. The Kier molecular flexibility index (Phi) is 2.83. The first-order valence-electron chi connectivity index (χ1n) is 7.60. The third kappa shape index (κ3) is 1.86. The van der Waals surface area contributed by atoms with Crippen molar-refractivity contribution in [3.8, 4) is 0 Å². The van der Waals surface area contributed by atoms with Crippen LogP contribution in [-0.2, 0) is 0 Å². The van der Waals surface area contributed by atoms with Crippen molar-refractivity contribution in [2.75, 3.05) is 0 Å². The van der Waals surface area contributed by atoms with Crippen LogP contribution in [0.1, 0.15) is 42.5 Å².